The van der Waals surface area contributed by atoms with E-state index < -0.39 is 16.2 Å². The van der Waals surface area contributed by atoms with E-state index >= 15 is 0 Å². The molecule has 1 rings (SSSR count). The first kappa shape index (κ1) is 15.9. The van der Waals surface area contributed by atoms with Crippen LogP contribution in [0, 0.1) is 12.8 Å². The summed E-state index contributed by atoms with van der Waals surface area (Å²) in [5.41, 5.74) is 0.952. The number of thiophene rings is 1. The molecule has 19 heavy (non-hydrogen) atoms. The van der Waals surface area contributed by atoms with Crippen molar-refractivity contribution in [1.82, 2.24) is 4.72 Å². The Labute approximate surface area is 117 Å². The third-order valence-corrected chi connectivity index (χ3v) is 4.36. The minimum Gasteiger partial charge on any atom is -0.465 e. The number of methoxy groups -OCH3 is 1. The molecule has 0 atom stereocenters. The van der Waals surface area contributed by atoms with Gasteiger partial charge in [-0.1, -0.05) is 13.8 Å². The van der Waals surface area contributed by atoms with Crippen molar-refractivity contribution in [3.05, 3.63) is 15.8 Å². The van der Waals surface area contributed by atoms with Crippen LogP contribution in [0.1, 0.15) is 29.1 Å². The van der Waals surface area contributed by atoms with Crippen molar-refractivity contribution < 1.29 is 17.9 Å². The molecular formula is C11H18N2O4S2. The van der Waals surface area contributed by atoms with E-state index in [-0.39, 0.29) is 16.5 Å². The van der Waals surface area contributed by atoms with Crippen molar-refractivity contribution in [3.63, 3.8) is 0 Å². The number of anilines is 1. The van der Waals surface area contributed by atoms with E-state index in [1.807, 2.05) is 13.8 Å². The van der Waals surface area contributed by atoms with Gasteiger partial charge in [0.05, 0.1) is 12.8 Å². The van der Waals surface area contributed by atoms with Crippen LogP contribution in [0.3, 0.4) is 0 Å². The molecule has 2 N–H and O–H groups in total. The molecule has 1 heterocycles. The molecule has 0 bridgehead atoms. The molecule has 0 radical (unpaired) electrons. The first-order valence-corrected chi connectivity index (χ1v) is 8.07. The van der Waals surface area contributed by atoms with Crippen molar-refractivity contribution in [2.45, 2.75) is 20.8 Å². The fraction of sp³-hybridized carbons (Fsp3) is 0.545. The largest absolute Gasteiger partial charge is 0.465 e. The topological polar surface area (TPSA) is 84.5 Å². The number of ether oxygens (including phenoxy) is 1. The molecule has 0 aromatic carbocycles. The van der Waals surface area contributed by atoms with Gasteiger partial charge in [-0.25, -0.2) is 4.79 Å². The van der Waals surface area contributed by atoms with Gasteiger partial charge in [-0.2, -0.15) is 13.1 Å². The zero-order valence-corrected chi connectivity index (χ0v) is 12.9. The fourth-order valence-electron chi connectivity index (χ4n) is 1.26. The first-order chi connectivity index (χ1) is 8.76. The van der Waals surface area contributed by atoms with Gasteiger partial charge >= 0.3 is 5.97 Å². The van der Waals surface area contributed by atoms with Crippen molar-refractivity contribution in [2.24, 2.45) is 5.92 Å². The standard InChI is InChI=1S/C11H18N2O4S2/c1-7(2)5-12-19(15,16)13-9-8(3)6-18-10(9)11(14)17-4/h6-7,12-13H,5H2,1-4H3. The van der Waals surface area contributed by atoms with Gasteiger partial charge in [0, 0.05) is 6.54 Å². The predicted octanol–water partition coefficient (Wildman–Crippen LogP) is 1.75. The fourth-order valence-corrected chi connectivity index (χ4v) is 3.40. The molecule has 0 aliphatic rings. The molecular weight excluding hydrogens is 288 g/mol. The lowest BCUT2D eigenvalue weighted by Crippen LogP contribution is -2.33. The van der Waals surface area contributed by atoms with Crippen LogP contribution in [0.5, 0.6) is 0 Å². The van der Waals surface area contributed by atoms with Crippen LogP contribution in [-0.2, 0) is 14.9 Å². The molecule has 0 aliphatic heterocycles. The number of rotatable bonds is 6. The highest BCUT2D eigenvalue weighted by Crippen LogP contribution is 2.28. The normalized spacial score (nSPS) is 11.6. The molecule has 0 saturated carbocycles. The number of aryl methyl sites for hydroxylation is 1. The van der Waals surface area contributed by atoms with E-state index in [1.165, 1.54) is 7.11 Å². The molecule has 0 unspecified atom stereocenters. The van der Waals surface area contributed by atoms with Gasteiger partial charge in [0.1, 0.15) is 4.88 Å². The predicted molar refractivity (Wildman–Crippen MR) is 75.8 cm³/mol. The Morgan fingerprint density at radius 2 is 2.11 bits per heavy atom. The van der Waals surface area contributed by atoms with Crippen LogP contribution < -0.4 is 9.44 Å². The quantitative estimate of drug-likeness (QED) is 0.784. The summed E-state index contributed by atoms with van der Waals surface area (Å²) in [6.45, 7) is 5.85. The molecule has 108 valence electrons. The summed E-state index contributed by atoms with van der Waals surface area (Å²) in [7, 11) is -2.43. The molecule has 0 spiro atoms. The van der Waals surface area contributed by atoms with Crippen LogP contribution in [0.4, 0.5) is 5.69 Å². The molecule has 1 aromatic heterocycles. The Balaban J connectivity index is 2.93. The average molecular weight is 306 g/mol. The van der Waals surface area contributed by atoms with Gasteiger partial charge in [0.2, 0.25) is 0 Å². The Bertz CT molecular complexity index is 549. The summed E-state index contributed by atoms with van der Waals surface area (Å²) in [4.78, 5) is 11.8. The van der Waals surface area contributed by atoms with Crippen LogP contribution >= 0.6 is 11.3 Å². The lowest BCUT2D eigenvalue weighted by atomic mass is 10.2. The Morgan fingerprint density at radius 3 is 2.63 bits per heavy atom. The second-order valence-corrected chi connectivity index (χ2v) is 6.84. The minimum atomic E-state index is -3.69. The summed E-state index contributed by atoms with van der Waals surface area (Å²) in [5, 5.41) is 1.70. The minimum absolute atomic E-state index is 0.195. The molecule has 0 fully saturated rings. The van der Waals surface area contributed by atoms with Crippen molar-refractivity contribution in [1.29, 1.82) is 0 Å². The summed E-state index contributed by atoms with van der Waals surface area (Å²) >= 11 is 1.14. The van der Waals surface area contributed by atoms with Crippen LogP contribution in [0.15, 0.2) is 5.38 Å². The summed E-state index contributed by atoms with van der Waals surface area (Å²) < 4.78 is 33.1. The Kier molecular flexibility index (Phi) is 5.33. The third-order valence-electron chi connectivity index (χ3n) is 2.26. The Hall–Kier alpha value is -1.12. The lowest BCUT2D eigenvalue weighted by molar-refractivity contribution is 0.0607. The van der Waals surface area contributed by atoms with E-state index in [0.29, 0.717) is 12.1 Å². The van der Waals surface area contributed by atoms with Gasteiger partial charge in [-0.3, -0.25) is 4.72 Å². The van der Waals surface area contributed by atoms with Gasteiger partial charge < -0.3 is 4.74 Å². The second kappa shape index (κ2) is 6.36. The summed E-state index contributed by atoms with van der Waals surface area (Å²) in [6.07, 6.45) is 0. The van der Waals surface area contributed by atoms with Crippen molar-refractivity contribution in [3.8, 4) is 0 Å². The van der Waals surface area contributed by atoms with Crippen LogP contribution in [0.25, 0.3) is 0 Å². The molecule has 6 nitrogen and oxygen atoms in total. The molecule has 8 heteroatoms. The average Bonchev–Trinajstić information content (AvgIpc) is 2.67. The first-order valence-electron chi connectivity index (χ1n) is 5.70. The van der Waals surface area contributed by atoms with E-state index in [1.54, 1.807) is 12.3 Å². The molecule has 0 aliphatic carbocycles. The maximum absolute atomic E-state index is 11.8. The van der Waals surface area contributed by atoms with E-state index in [2.05, 4.69) is 14.2 Å². The molecule has 0 amide bonds. The van der Waals surface area contributed by atoms with Crippen molar-refractivity contribution >= 4 is 33.2 Å². The number of carbonyl (C=O) groups excluding carboxylic acids is 1. The lowest BCUT2D eigenvalue weighted by Gasteiger charge is -2.11. The number of hydrogen-bond donors (Lipinski definition) is 2. The van der Waals surface area contributed by atoms with E-state index in [0.717, 1.165) is 11.3 Å². The molecule has 1 aromatic rings. The van der Waals surface area contributed by atoms with Crippen LogP contribution in [0.2, 0.25) is 0 Å². The van der Waals surface area contributed by atoms with Crippen molar-refractivity contribution in [2.75, 3.05) is 18.4 Å². The van der Waals surface area contributed by atoms with Crippen LogP contribution in [-0.4, -0.2) is 28.0 Å². The van der Waals surface area contributed by atoms with Gasteiger partial charge in [-0.05, 0) is 23.8 Å². The van der Waals surface area contributed by atoms with Gasteiger partial charge in [0.25, 0.3) is 10.2 Å². The summed E-state index contributed by atoms with van der Waals surface area (Å²) in [5.74, 6) is -0.361. The third kappa shape index (κ3) is 4.48. The van der Waals surface area contributed by atoms with E-state index in [9.17, 15) is 13.2 Å². The maximum Gasteiger partial charge on any atom is 0.350 e. The number of carbonyl (C=O) groups is 1. The zero-order valence-electron chi connectivity index (χ0n) is 11.3. The van der Waals surface area contributed by atoms with Gasteiger partial charge in [0.15, 0.2) is 0 Å². The van der Waals surface area contributed by atoms with Gasteiger partial charge in [-0.15, -0.1) is 11.3 Å². The zero-order chi connectivity index (χ0) is 14.6. The Morgan fingerprint density at radius 1 is 1.47 bits per heavy atom. The summed E-state index contributed by atoms with van der Waals surface area (Å²) in [6, 6.07) is 0. The number of esters is 1. The SMILES string of the molecule is COC(=O)c1scc(C)c1NS(=O)(=O)NCC(C)C. The highest BCUT2D eigenvalue weighted by atomic mass is 32.2. The maximum atomic E-state index is 11.8. The molecule has 0 saturated heterocycles. The monoisotopic (exact) mass is 306 g/mol. The highest BCUT2D eigenvalue weighted by molar-refractivity contribution is 7.90. The highest BCUT2D eigenvalue weighted by Gasteiger charge is 2.21. The smallest absolute Gasteiger partial charge is 0.350 e. The number of hydrogen-bond acceptors (Lipinski definition) is 5. The second-order valence-electron chi connectivity index (χ2n) is 4.46. The number of nitrogens with one attached hydrogen (secondary N) is 2. The van der Waals surface area contributed by atoms with E-state index in [4.69, 9.17) is 0 Å².